The van der Waals surface area contributed by atoms with Crippen LogP contribution in [0.25, 0.3) is 0 Å². The molecule has 0 bridgehead atoms. The Hall–Kier alpha value is -2.69. The molecule has 2 aromatic heterocycles. The topological polar surface area (TPSA) is 63.8 Å². The van der Waals surface area contributed by atoms with Gasteiger partial charge in [0.2, 0.25) is 5.89 Å². The van der Waals surface area contributed by atoms with Crippen molar-refractivity contribution in [1.29, 1.82) is 0 Å². The maximum atomic E-state index is 5.41. The first-order chi connectivity index (χ1) is 10.4. The second-order valence-corrected chi connectivity index (χ2v) is 5.14. The molecule has 3 heterocycles. The third kappa shape index (κ3) is 2.38. The molecule has 0 saturated carbocycles. The summed E-state index contributed by atoms with van der Waals surface area (Å²) in [6.07, 6.45) is 5.08. The lowest BCUT2D eigenvalue weighted by Crippen LogP contribution is -2.06. The van der Waals surface area contributed by atoms with Crippen molar-refractivity contribution >= 4 is 5.69 Å². The molecule has 0 radical (unpaired) electrons. The molecule has 0 spiro atoms. The number of benzene rings is 1. The smallest absolute Gasteiger partial charge is 0.249 e. The molecule has 0 unspecified atom stereocenters. The zero-order valence-electron chi connectivity index (χ0n) is 11.4. The Kier molecular flexibility index (Phi) is 2.88. The fourth-order valence-corrected chi connectivity index (χ4v) is 2.61. The summed E-state index contributed by atoms with van der Waals surface area (Å²) in [6, 6.07) is 12.3. The van der Waals surface area contributed by atoms with Crippen LogP contribution in [0.2, 0.25) is 0 Å². The lowest BCUT2D eigenvalue weighted by molar-refractivity contribution is 0.360. The lowest BCUT2D eigenvalue weighted by Gasteiger charge is -2.04. The summed E-state index contributed by atoms with van der Waals surface area (Å²) < 4.78 is 5.41. The molecule has 1 aliphatic rings. The summed E-state index contributed by atoms with van der Waals surface area (Å²) in [4.78, 5) is 8.51. The average Bonchev–Trinajstić information content (AvgIpc) is 3.14. The minimum Gasteiger partial charge on any atom is -0.373 e. The molecular weight excluding hydrogens is 264 g/mol. The predicted octanol–water partition coefficient (Wildman–Crippen LogP) is 2.76. The van der Waals surface area contributed by atoms with E-state index in [2.05, 4.69) is 32.6 Å². The molecule has 0 fully saturated rings. The van der Waals surface area contributed by atoms with Crippen LogP contribution in [0, 0.1) is 0 Å². The standard InChI is InChI=1S/C16H14N4O/c1-2-4-13-12(3-1)10-14(18-13)16-19-15(20-21-16)9-11-5-7-17-8-6-11/h1-8,14,18H,9-10H2/t14-/m0/s1. The van der Waals surface area contributed by atoms with Crippen LogP contribution < -0.4 is 5.32 Å². The van der Waals surface area contributed by atoms with Crippen LogP contribution in [0.4, 0.5) is 5.69 Å². The third-order valence-corrected chi connectivity index (χ3v) is 3.66. The van der Waals surface area contributed by atoms with Crippen molar-refractivity contribution in [2.75, 3.05) is 5.32 Å². The quantitative estimate of drug-likeness (QED) is 0.798. The van der Waals surface area contributed by atoms with Crippen molar-refractivity contribution in [1.82, 2.24) is 15.1 Å². The van der Waals surface area contributed by atoms with Crippen LogP contribution in [0.1, 0.15) is 28.9 Å². The summed E-state index contributed by atoms with van der Waals surface area (Å²) in [5.41, 5.74) is 3.56. The molecule has 5 heteroatoms. The molecule has 1 aliphatic heterocycles. The van der Waals surface area contributed by atoms with Crippen LogP contribution >= 0.6 is 0 Å². The van der Waals surface area contributed by atoms with E-state index in [0.29, 0.717) is 18.1 Å². The maximum Gasteiger partial charge on any atom is 0.249 e. The Morgan fingerprint density at radius 3 is 2.86 bits per heavy atom. The van der Waals surface area contributed by atoms with Crippen LogP contribution in [0.5, 0.6) is 0 Å². The van der Waals surface area contributed by atoms with Gasteiger partial charge < -0.3 is 9.84 Å². The molecule has 0 amide bonds. The Bertz CT molecular complexity index is 729. The number of pyridine rings is 1. The number of hydrogen-bond acceptors (Lipinski definition) is 5. The molecule has 3 aromatic rings. The van der Waals surface area contributed by atoms with Gasteiger partial charge in [-0.05, 0) is 29.3 Å². The molecule has 0 saturated heterocycles. The van der Waals surface area contributed by atoms with E-state index in [-0.39, 0.29) is 6.04 Å². The Balaban J connectivity index is 1.51. The number of hydrogen-bond donors (Lipinski definition) is 1. The summed E-state index contributed by atoms with van der Waals surface area (Å²) >= 11 is 0. The van der Waals surface area contributed by atoms with Crippen molar-refractivity contribution in [2.24, 2.45) is 0 Å². The first kappa shape index (κ1) is 12.1. The van der Waals surface area contributed by atoms with Crippen LogP contribution in [-0.2, 0) is 12.8 Å². The van der Waals surface area contributed by atoms with Crippen LogP contribution in [-0.4, -0.2) is 15.1 Å². The van der Waals surface area contributed by atoms with E-state index >= 15 is 0 Å². The zero-order chi connectivity index (χ0) is 14.1. The molecule has 104 valence electrons. The number of anilines is 1. The predicted molar refractivity (Wildman–Crippen MR) is 77.9 cm³/mol. The fraction of sp³-hybridized carbons (Fsp3) is 0.188. The van der Waals surface area contributed by atoms with Gasteiger partial charge in [0.25, 0.3) is 0 Å². The second-order valence-electron chi connectivity index (χ2n) is 5.14. The van der Waals surface area contributed by atoms with Gasteiger partial charge in [-0.2, -0.15) is 4.98 Å². The van der Waals surface area contributed by atoms with Crippen molar-refractivity contribution in [2.45, 2.75) is 18.9 Å². The zero-order valence-corrected chi connectivity index (χ0v) is 11.4. The van der Waals surface area contributed by atoms with Gasteiger partial charge in [0.05, 0.1) is 0 Å². The van der Waals surface area contributed by atoms with E-state index in [4.69, 9.17) is 4.52 Å². The van der Waals surface area contributed by atoms with E-state index in [1.165, 1.54) is 5.56 Å². The van der Waals surface area contributed by atoms with Crippen LogP contribution in [0.15, 0.2) is 53.3 Å². The minimum absolute atomic E-state index is 0.0705. The van der Waals surface area contributed by atoms with Gasteiger partial charge >= 0.3 is 0 Å². The highest BCUT2D eigenvalue weighted by molar-refractivity contribution is 5.56. The Morgan fingerprint density at radius 2 is 2.00 bits per heavy atom. The normalized spacial score (nSPS) is 16.5. The minimum atomic E-state index is 0.0705. The van der Waals surface area contributed by atoms with Gasteiger partial charge in [-0.3, -0.25) is 4.98 Å². The highest BCUT2D eigenvalue weighted by atomic mass is 16.5. The molecule has 1 aromatic carbocycles. The largest absolute Gasteiger partial charge is 0.373 e. The van der Waals surface area contributed by atoms with E-state index in [9.17, 15) is 0 Å². The lowest BCUT2D eigenvalue weighted by atomic mass is 10.1. The second kappa shape index (κ2) is 5.01. The molecular formula is C16H14N4O. The number of aromatic nitrogens is 3. The van der Waals surface area contributed by atoms with Gasteiger partial charge in [-0.15, -0.1) is 0 Å². The van der Waals surface area contributed by atoms with Gasteiger partial charge in [0.15, 0.2) is 5.82 Å². The third-order valence-electron chi connectivity index (χ3n) is 3.66. The summed E-state index contributed by atoms with van der Waals surface area (Å²) in [5, 5.41) is 7.49. The summed E-state index contributed by atoms with van der Waals surface area (Å²) in [6.45, 7) is 0. The van der Waals surface area contributed by atoms with Gasteiger partial charge in [0, 0.05) is 30.9 Å². The first-order valence-electron chi connectivity index (χ1n) is 6.94. The van der Waals surface area contributed by atoms with Crippen molar-refractivity contribution < 1.29 is 4.52 Å². The van der Waals surface area contributed by atoms with E-state index < -0.39 is 0 Å². The molecule has 0 aliphatic carbocycles. The van der Waals surface area contributed by atoms with Gasteiger partial charge in [-0.1, -0.05) is 23.4 Å². The Labute approximate surface area is 122 Å². The SMILES string of the molecule is c1ccc2c(c1)C[C@@H](c1nc(Cc3ccncc3)no1)N2. The monoisotopic (exact) mass is 278 g/mol. The summed E-state index contributed by atoms with van der Waals surface area (Å²) in [7, 11) is 0. The number of nitrogens with one attached hydrogen (secondary N) is 1. The highest BCUT2D eigenvalue weighted by Gasteiger charge is 2.26. The number of para-hydroxylation sites is 1. The van der Waals surface area contributed by atoms with Crippen molar-refractivity contribution in [3.05, 3.63) is 71.6 Å². The first-order valence-corrected chi connectivity index (χ1v) is 6.94. The number of nitrogens with zero attached hydrogens (tertiary/aromatic N) is 3. The maximum absolute atomic E-state index is 5.41. The highest BCUT2D eigenvalue weighted by Crippen LogP contribution is 2.33. The van der Waals surface area contributed by atoms with Gasteiger partial charge in [0.1, 0.15) is 6.04 Å². The fourth-order valence-electron chi connectivity index (χ4n) is 2.61. The molecule has 21 heavy (non-hydrogen) atoms. The van der Waals surface area contributed by atoms with E-state index in [1.807, 2.05) is 24.3 Å². The molecule has 5 nitrogen and oxygen atoms in total. The molecule has 1 atom stereocenters. The van der Waals surface area contributed by atoms with Gasteiger partial charge in [-0.25, -0.2) is 0 Å². The molecule has 1 N–H and O–H groups in total. The van der Waals surface area contributed by atoms with E-state index in [1.54, 1.807) is 12.4 Å². The van der Waals surface area contributed by atoms with Crippen molar-refractivity contribution in [3.8, 4) is 0 Å². The average molecular weight is 278 g/mol. The number of fused-ring (bicyclic) bond motifs is 1. The summed E-state index contributed by atoms with van der Waals surface area (Å²) in [5.74, 6) is 1.35. The van der Waals surface area contributed by atoms with Crippen molar-refractivity contribution in [3.63, 3.8) is 0 Å². The molecule has 4 rings (SSSR count). The Morgan fingerprint density at radius 1 is 1.14 bits per heavy atom. The van der Waals surface area contributed by atoms with Crippen LogP contribution in [0.3, 0.4) is 0 Å². The van der Waals surface area contributed by atoms with E-state index in [0.717, 1.165) is 17.7 Å². The number of rotatable bonds is 3.